The molecule has 1 amide bonds. The lowest BCUT2D eigenvalue weighted by Crippen LogP contribution is -2.38. The second-order valence-corrected chi connectivity index (χ2v) is 6.29. The largest absolute Gasteiger partial charge is 0.324 e. The summed E-state index contributed by atoms with van der Waals surface area (Å²) in [7, 11) is 0. The van der Waals surface area contributed by atoms with Crippen LogP contribution < -0.4 is 5.32 Å². The van der Waals surface area contributed by atoms with Gasteiger partial charge in [0.15, 0.2) is 4.87 Å². The van der Waals surface area contributed by atoms with E-state index in [1.165, 1.54) is 0 Å². The maximum Gasteiger partial charge on any atom is 0.251 e. The number of para-hydroxylation sites is 1. The molecule has 0 unspecified atom stereocenters. The fraction of sp³-hybridized carbons (Fsp3) is 0.235. The van der Waals surface area contributed by atoms with Crippen LogP contribution in [0.4, 0.5) is 5.69 Å². The van der Waals surface area contributed by atoms with Crippen molar-refractivity contribution in [2.45, 2.75) is 17.7 Å². The van der Waals surface area contributed by atoms with Crippen molar-refractivity contribution in [3.8, 4) is 0 Å². The number of benzene rings is 2. The van der Waals surface area contributed by atoms with E-state index in [0.29, 0.717) is 16.8 Å². The summed E-state index contributed by atoms with van der Waals surface area (Å²) in [6, 6.07) is 14.4. The molecule has 5 nitrogen and oxygen atoms in total. The van der Waals surface area contributed by atoms with E-state index in [0.717, 1.165) is 5.56 Å². The molecule has 1 aliphatic rings. The molecule has 3 rings (SSSR count). The highest BCUT2D eigenvalue weighted by atomic mass is 35.5. The van der Waals surface area contributed by atoms with Crippen molar-refractivity contribution in [3.63, 3.8) is 0 Å². The lowest BCUT2D eigenvalue weighted by molar-refractivity contribution is -0.484. The fourth-order valence-electron chi connectivity index (χ4n) is 3.09. The average molecular weight is 331 g/mol. The maximum absolute atomic E-state index is 12.6. The average Bonchev–Trinajstić information content (AvgIpc) is 2.77. The van der Waals surface area contributed by atoms with E-state index in [4.69, 9.17) is 11.6 Å². The molecule has 0 spiro atoms. The normalized spacial score (nSPS) is 20.7. The van der Waals surface area contributed by atoms with Crippen LogP contribution in [0.1, 0.15) is 22.6 Å². The number of hydrogen-bond acceptors (Lipinski definition) is 3. The van der Waals surface area contributed by atoms with Gasteiger partial charge in [0.05, 0.1) is 5.92 Å². The quantitative estimate of drug-likeness (QED) is 0.530. The lowest BCUT2D eigenvalue weighted by atomic mass is 9.81. The molecule has 23 heavy (non-hydrogen) atoms. The molecule has 0 saturated carbocycles. The van der Waals surface area contributed by atoms with E-state index >= 15 is 0 Å². The Balaban J connectivity index is 2.16. The molecule has 2 atom stereocenters. The summed E-state index contributed by atoms with van der Waals surface area (Å²) in [5.41, 5.74) is 2.83. The first-order chi connectivity index (χ1) is 10.9. The summed E-state index contributed by atoms with van der Waals surface area (Å²) in [6.07, 6.45) is 0. The van der Waals surface area contributed by atoms with E-state index in [1.54, 1.807) is 30.3 Å². The van der Waals surface area contributed by atoms with Crippen molar-refractivity contribution in [3.05, 3.63) is 75.3 Å². The second-order valence-electron chi connectivity index (χ2n) is 5.69. The minimum absolute atomic E-state index is 0.422. The Morgan fingerprint density at radius 3 is 2.70 bits per heavy atom. The number of aryl methyl sites for hydroxylation is 1. The minimum atomic E-state index is -1.49. The number of carbonyl (C=O) groups is 1. The Kier molecular flexibility index (Phi) is 3.82. The fourth-order valence-corrected chi connectivity index (χ4v) is 3.49. The van der Waals surface area contributed by atoms with Crippen LogP contribution in [-0.2, 0) is 9.67 Å². The van der Waals surface area contributed by atoms with Gasteiger partial charge in [-0.3, -0.25) is 14.9 Å². The number of carbonyl (C=O) groups excluding carboxylic acids is 1. The van der Waals surface area contributed by atoms with Gasteiger partial charge in [0.25, 0.3) is 5.91 Å². The molecule has 1 heterocycles. The number of rotatable bonds is 4. The predicted octanol–water partition coefficient (Wildman–Crippen LogP) is 3.44. The molecule has 118 valence electrons. The number of halogens is 1. The molecule has 6 heteroatoms. The minimum Gasteiger partial charge on any atom is -0.324 e. The topological polar surface area (TPSA) is 72.2 Å². The molecule has 2 aromatic rings. The van der Waals surface area contributed by atoms with E-state index in [2.05, 4.69) is 5.32 Å². The van der Waals surface area contributed by atoms with Gasteiger partial charge in [0.2, 0.25) is 6.54 Å². The van der Waals surface area contributed by atoms with E-state index < -0.39 is 28.2 Å². The first-order valence-electron chi connectivity index (χ1n) is 7.21. The van der Waals surface area contributed by atoms with Crippen LogP contribution in [0, 0.1) is 17.0 Å². The molecule has 2 aromatic carbocycles. The number of nitrogens with zero attached hydrogens (tertiary/aromatic N) is 1. The second kappa shape index (κ2) is 5.66. The highest BCUT2D eigenvalue weighted by molar-refractivity contribution is 6.39. The number of fused-ring (bicyclic) bond motifs is 1. The van der Waals surface area contributed by atoms with Crippen LogP contribution in [-0.4, -0.2) is 17.4 Å². The summed E-state index contributed by atoms with van der Waals surface area (Å²) < 4.78 is 0. The summed E-state index contributed by atoms with van der Waals surface area (Å²) >= 11 is 6.73. The van der Waals surface area contributed by atoms with Crippen molar-refractivity contribution in [1.29, 1.82) is 0 Å². The molecule has 1 aliphatic heterocycles. The van der Waals surface area contributed by atoms with Crippen molar-refractivity contribution in [2.24, 2.45) is 0 Å². The third-order valence-corrected chi connectivity index (χ3v) is 4.79. The zero-order valence-electron chi connectivity index (χ0n) is 12.5. The van der Waals surface area contributed by atoms with Crippen molar-refractivity contribution < 1.29 is 9.72 Å². The first-order valence-corrected chi connectivity index (χ1v) is 7.59. The molecule has 0 saturated heterocycles. The molecule has 0 radical (unpaired) electrons. The molecule has 1 N–H and O–H groups in total. The summed E-state index contributed by atoms with van der Waals surface area (Å²) in [6.45, 7) is 1.48. The van der Waals surface area contributed by atoms with E-state index in [1.807, 2.05) is 25.1 Å². The standard InChI is InChI=1S/C17H15ClN2O3/c1-11-5-4-6-12(9-11)14(10-20(22)23)17(18)13-7-2-3-8-15(13)19-16(17)21/h2-9,14H,10H2,1H3,(H,19,21)/t14-,17+/m1/s1. The van der Waals surface area contributed by atoms with Gasteiger partial charge in [-0.1, -0.05) is 48.0 Å². The van der Waals surface area contributed by atoms with Gasteiger partial charge >= 0.3 is 0 Å². The Labute approximate surface area is 138 Å². The molecule has 0 fully saturated rings. The van der Waals surface area contributed by atoms with Gasteiger partial charge in [0.1, 0.15) is 0 Å². The predicted molar refractivity (Wildman–Crippen MR) is 88.4 cm³/mol. The first kappa shape index (κ1) is 15.5. The van der Waals surface area contributed by atoms with Crippen molar-refractivity contribution >= 4 is 23.2 Å². The van der Waals surface area contributed by atoms with Crippen LogP contribution in [0.25, 0.3) is 0 Å². The number of amides is 1. The highest BCUT2D eigenvalue weighted by Gasteiger charge is 2.53. The zero-order chi connectivity index (χ0) is 16.6. The number of alkyl halides is 1. The van der Waals surface area contributed by atoms with E-state index in [9.17, 15) is 14.9 Å². The van der Waals surface area contributed by atoms with Gasteiger partial charge in [0, 0.05) is 16.2 Å². The molecule has 0 bridgehead atoms. The third kappa shape index (κ3) is 2.57. The number of nitrogens with one attached hydrogen (secondary N) is 1. The van der Waals surface area contributed by atoms with E-state index in [-0.39, 0.29) is 0 Å². The molecular weight excluding hydrogens is 316 g/mol. The Bertz CT molecular complexity index is 793. The third-order valence-electron chi connectivity index (χ3n) is 4.15. The molecule has 0 aliphatic carbocycles. The lowest BCUT2D eigenvalue weighted by Gasteiger charge is -2.28. The van der Waals surface area contributed by atoms with Gasteiger partial charge < -0.3 is 5.32 Å². The summed E-state index contributed by atoms with van der Waals surface area (Å²) in [4.78, 5) is 21.9. The van der Waals surface area contributed by atoms with Crippen LogP contribution in [0.2, 0.25) is 0 Å². The monoisotopic (exact) mass is 330 g/mol. The number of nitro groups is 1. The van der Waals surface area contributed by atoms with Crippen LogP contribution >= 0.6 is 11.6 Å². The number of anilines is 1. The Morgan fingerprint density at radius 1 is 1.26 bits per heavy atom. The Morgan fingerprint density at radius 2 is 2.00 bits per heavy atom. The van der Waals surface area contributed by atoms with Crippen LogP contribution in [0.5, 0.6) is 0 Å². The maximum atomic E-state index is 12.6. The molecule has 0 aromatic heterocycles. The smallest absolute Gasteiger partial charge is 0.251 e. The van der Waals surface area contributed by atoms with Gasteiger partial charge in [-0.15, -0.1) is 11.6 Å². The zero-order valence-corrected chi connectivity index (χ0v) is 13.2. The van der Waals surface area contributed by atoms with Gasteiger partial charge in [-0.2, -0.15) is 0 Å². The highest BCUT2D eigenvalue weighted by Crippen LogP contribution is 2.50. The van der Waals surface area contributed by atoms with Crippen molar-refractivity contribution in [2.75, 3.05) is 11.9 Å². The van der Waals surface area contributed by atoms with Crippen LogP contribution in [0.3, 0.4) is 0 Å². The van der Waals surface area contributed by atoms with Gasteiger partial charge in [-0.25, -0.2) is 0 Å². The SMILES string of the molecule is Cc1cccc([C@@H](C[N+](=O)[O-])[C@]2(Cl)C(=O)Nc3ccccc32)c1. The molecular formula is C17H15ClN2O3. The van der Waals surface area contributed by atoms with Crippen LogP contribution in [0.15, 0.2) is 48.5 Å². The summed E-state index contributed by atoms with van der Waals surface area (Å²) in [5.74, 6) is -1.18. The van der Waals surface area contributed by atoms with Gasteiger partial charge in [-0.05, 0) is 18.6 Å². The van der Waals surface area contributed by atoms with Crippen molar-refractivity contribution in [1.82, 2.24) is 0 Å². The Hall–Kier alpha value is -2.40. The number of hydrogen-bond donors (Lipinski definition) is 1. The summed E-state index contributed by atoms with van der Waals surface area (Å²) in [5, 5.41) is 13.9.